The van der Waals surface area contributed by atoms with Crippen molar-refractivity contribution < 1.29 is 9.47 Å². The lowest BCUT2D eigenvalue weighted by Gasteiger charge is -2.35. The van der Waals surface area contributed by atoms with Gasteiger partial charge in [-0.15, -0.1) is 0 Å². The van der Waals surface area contributed by atoms with E-state index >= 15 is 0 Å². The van der Waals surface area contributed by atoms with Crippen molar-refractivity contribution in [2.45, 2.75) is 31.8 Å². The number of nitrogens with zero attached hydrogens (tertiary/aromatic N) is 1. The number of hydrogen-bond acceptors (Lipinski definition) is 4. The summed E-state index contributed by atoms with van der Waals surface area (Å²) in [6, 6.07) is 9.38. The van der Waals surface area contributed by atoms with E-state index < -0.39 is 0 Å². The zero-order chi connectivity index (χ0) is 14.4. The molecule has 1 aromatic rings. The van der Waals surface area contributed by atoms with Crippen molar-refractivity contribution in [3.63, 3.8) is 0 Å². The first-order valence-electron chi connectivity index (χ1n) is 7.37. The Kier molecular flexibility index (Phi) is 5.68. The maximum absolute atomic E-state index is 5.64. The van der Waals surface area contributed by atoms with Crippen molar-refractivity contribution in [1.82, 2.24) is 4.90 Å². The molecule has 1 N–H and O–H groups in total. The molecule has 0 spiro atoms. The molecule has 20 heavy (non-hydrogen) atoms. The Morgan fingerprint density at radius 2 is 2.20 bits per heavy atom. The highest BCUT2D eigenvalue weighted by molar-refractivity contribution is 5.49. The average molecular weight is 278 g/mol. The third-order valence-corrected chi connectivity index (χ3v) is 3.97. The topological polar surface area (TPSA) is 33.7 Å². The fourth-order valence-electron chi connectivity index (χ4n) is 2.57. The first-order valence-corrected chi connectivity index (χ1v) is 7.37. The standard InChI is InChI=1S/C16H26N2O2/c1-13-11-15(7-8-18(13)2)17-14-5-4-6-16(12-14)20-10-9-19-3/h4-6,12-13,15,17H,7-11H2,1-3H3. The Bertz CT molecular complexity index is 411. The Labute approximate surface area is 122 Å². The fraction of sp³-hybridized carbons (Fsp3) is 0.625. The molecule has 0 amide bonds. The molecule has 0 bridgehead atoms. The van der Waals surface area contributed by atoms with Gasteiger partial charge < -0.3 is 19.7 Å². The van der Waals surface area contributed by atoms with Crippen LogP contribution in [0.2, 0.25) is 0 Å². The summed E-state index contributed by atoms with van der Waals surface area (Å²) in [5.74, 6) is 0.896. The number of rotatable bonds is 6. The predicted molar refractivity (Wildman–Crippen MR) is 82.5 cm³/mol. The molecule has 4 heteroatoms. The smallest absolute Gasteiger partial charge is 0.121 e. The molecule has 1 aromatic carbocycles. The summed E-state index contributed by atoms with van der Waals surface area (Å²) in [6.07, 6.45) is 2.38. The molecule has 0 aliphatic carbocycles. The summed E-state index contributed by atoms with van der Waals surface area (Å²) in [6.45, 7) is 4.65. The van der Waals surface area contributed by atoms with Crippen molar-refractivity contribution >= 4 is 5.69 Å². The molecule has 4 nitrogen and oxygen atoms in total. The van der Waals surface area contributed by atoms with E-state index in [1.807, 2.05) is 12.1 Å². The van der Waals surface area contributed by atoms with Gasteiger partial charge in [0.15, 0.2) is 0 Å². The minimum atomic E-state index is 0.551. The molecule has 1 saturated heterocycles. The number of likely N-dealkylation sites (tertiary alicyclic amines) is 1. The molecular formula is C16H26N2O2. The maximum atomic E-state index is 5.64. The summed E-state index contributed by atoms with van der Waals surface area (Å²) >= 11 is 0. The summed E-state index contributed by atoms with van der Waals surface area (Å²) in [4.78, 5) is 2.42. The van der Waals surface area contributed by atoms with Crippen LogP contribution in [-0.2, 0) is 4.74 Å². The minimum Gasteiger partial charge on any atom is -0.491 e. The highest BCUT2D eigenvalue weighted by Crippen LogP contribution is 2.22. The Morgan fingerprint density at radius 3 is 2.95 bits per heavy atom. The van der Waals surface area contributed by atoms with Crippen molar-refractivity contribution in [3.8, 4) is 5.75 Å². The van der Waals surface area contributed by atoms with Crippen LogP contribution in [0.15, 0.2) is 24.3 Å². The highest BCUT2D eigenvalue weighted by atomic mass is 16.5. The second kappa shape index (κ2) is 7.50. The van der Waals surface area contributed by atoms with Gasteiger partial charge in [-0.1, -0.05) is 6.07 Å². The quantitative estimate of drug-likeness (QED) is 0.811. The fourth-order valence-corrected chi connectivity index (χ4v) is 2.57. The molecule has 2 unspecified atom stereocenters. The summed E-state index contributed by atoms with van der Waals surface area (Å²) in [5.41, 5.74) is 1.14. The van der Waals surface area contributed by atoms with Gasteiger partial charge in [-0.25, -0.2) is 0 Å². The molecule has 0 aromatic heterocycles. The lowest BCUT2D eigenvalue weighted by molar-refractivity contribution is 0.146. The van der Waals surface area contributed by atoms with E-state index in [4.69, 9.17) is 9.47 Å². The monoisotopic (exact) mass is 278 g/mol. The number of benzene rings is 1. The van der Waals surface area contributed by atoms with Crippen molar-refractivity contribution in [2.75, 3.05) is 39.2 Å². The van der Waals surface area contributed by atoms with Crippen LogP contribution in [0.1, 0.15) is 19.8 Å². The van der Waals surface area contributed by atoms with Crippen LogP contribution in [-0.4, -0.2) is 50.9 Å². The van der Waals surface area contributed by atoms with Gasteiger partial charge in [0.1, 0.15) is 12.4 Å². The van der Waals surface area contributed by atoms with Crippen molar-refractivity contribution in [2.24, 2.45) is 0 Å². The molecule has 1 aliphatic rings. The van der Waals surface area contributed by atoms with E-state index in [-0.39, 0.29) is 0 Å². The number of ether oxygens (including phenoxy) is 2. The number of methoxy groups -OCH3 is 1. The number of piperidine rings is 1. The number of anilines is 1. The molecule has 2 rings (SSSR count). The number of nitrogens with one attached hydrogen (secondary N) is 1. The molecular weight excluding hydrogens is 252 g/mol. The molecule has 112 valence electrons. The van der Waals surface area contributed by atoms with Crippen LogP contribution in [0.5, 0.6) is 5.75 Å². The maximum Gasteiger partial charge on any atom is 0.121 e. The highest BCUT2D eigenvalue weighted by Gasteiger charge is 2.22. The molecule has 0 radical (unpaired) electrons. The Balaban J connectivity index is 1.87. The molecule has 1 aliphatic heterocycles. The third kappa shape index (κ3) is 4.39. The second-order valence-electron chi connectivity index (χ2n) is 5.56. The van der Waals surface area contributed by atoms with Gasteiger partial charge in [-0.3, -0.25) is 0 Å². The zero-order valence-electron chi connectivity index (χ0n) is 12.8. The van der Waals surface area contributed by atoms with Crippen molar-refractivity contribution in [1.29, 1.82) is 0 Å². The van der Waals surface area contributed by atoms with Gasteiger partial charge >= 0.3 is 0 Å². The van der Waals surface area contributed by atoms with E-state index in [1.165, 1.54) is 12.8 Å². The Morgan fingerprint density at radius 1 is 1.35 bits per heavy atom. The summed E-state index contributed by atoms with van der Waals surface area (Å²) < 4.78 is 10.6. The van der Waals surface area contributed by atoms with Crippen LogP contribution < -0.4 is 10.1 Å². The van der Waals surface area contributed by atoms with Gasteiger partial charge in [0.05, 0.1) is 6.61 Å². The average Bonchev–Trinajstić information content (AvgIpc) is 2.44. The summed E-state index contributed by atoms with van der Waals surface area (Å²) in [5, 5.41) is 3.62. The van der Waals surface area contributed by atoms with Gasteiger partial charge in [0.2, 0.25) is 0 Å². The SMILES string of the molecule is COCCOc1cccc(NC2CCN(C)C(C)C2)c1. The molecule has 1 fully saturated rings. The molecule has 2 atom stereocenters. The van der Waals surface area contributed by atoms with E-state index in [9.17, 15) is 0 Å². The van der Waals surface area contributed by atoms with Crippen LogP contribution in [0.3, 0.4) is 0 Å². The normalized spacial score (nSPS) is 23.6. The van der Waals surface area contributed by atoms with Crippen LogP contribution in [0.25, 0.3) is 0 Å². The van der Waals surface area contributed by atoms with Gasteiger partial charge in [0, 0.05) is 37.5 Å². The van der Waals surface area contributed by atoms with Gasteiger partial charge in [-0.2, -0.15) is 0 Å². The largest absolute Gasteiger partial charge is 0.491 e. The van der Waals surface area contributed by atoms with Crippen LogP contribution >= 0.6 is 0 Å². The van der Waals surface area contributed by atoms with Crippen LogP contribution in [0, 0.1) is 0 Å². The first kappa shape index (κ1) is 15.1. The Hall–Kier alpha value is -1.26. The third-order valence-electron chi connectivity index (χ3n) is 3.97. The van der Waals surface area contributed by atoms with E-state index in [0.29, 0.717) is 25.3 Å². The van der Waals surface area contributed by atoms with E-state index in [0.717, 1.165) is 18.0 Å². The molecule has 1 heterocycles. The van der Waals surface area contributed by atoms with Gasteiger partial charge in [0.25, 0.3) is 0 Å². The van der Waals surface area contributed by atoms with Crippen LogP contribution in [0.4, 0.5) is 5.69 Å². The lowest BCUT2D eigenvalue weighted by atomic mass is 9.98. The van der Waals surface area contributed by atoms with E-state index in [2.05, 4.69) is 36.3 Å². The minimum absolute atomic E-state index is 0.551. The number of hydrogen-bond donors (Lipinski definition) is 1. The first-order chi connectivity index (χ1) is 9.69. The second-order valence-corrected chi connectivity index (χ2v) is 5.56. The predicted octanol–water partition coefficient (Wildman–Crippen LogP) is 2.61. The summed E-state index contributed by atoms with van der Waals surface area (Å²) in [7, 11) is 3.88. The van der Waals surface area contributed by atoms with Crippen molar-refractivity contribution in [3.05, 3.63) is 24.3 Å². The zero-order valence-corrected chi connectivity index (χ0v) is 12.8. The lowest BCUT2D eigenvalue weighted by Crippen LogP contribution is -2.42. The van der Waals surface area contributed by atoms with Gasteiger partial charge in [-0.05, 0) is 38.9 Å². The molecule has 0 saturated carbocycles. The van der Waals surface area contributed by atoms with E-state index in [1.54, 1.807) is 7.11 Å².